The molecule has 1 saturated heterocycles. The second-order valence-corrected chi connectivity index (χ2v) is 7.94. The zero-order chi connectivity index (χ0) is 16.3. The summed E-state index contributed by atoms with van der Waals surface area (Å²) in [6, 6.07) is 0. The van der Waals surface area contributed by atoms with Crippen LogP contribution in [0.1, 0.15) is 34.6 Å². The molecule has 1 heterocycles. The molecule has 1 aliphatic heterocycles. The number of rotatable bonds is 5. The summed E-state index contributed by atoms with van der Waals surface area (Å²) in [6.45, 7) is 14.3. The van der Waals surface area contributed by atoms with E-state index in [4.69, 9.17) is 0 Å². The SMILES string of the molecule is CC(C)(CNC(C)(C)C)CN1CCN(CC(F)(F)F)CC1. The van der Waals surface area contributed by atoms with E-state index in [9.17, 15) is 13.2 Å². The van der Waals surface area contributed by atoms with Crippen LogP contribution in [0.5, 0.6) is 0 Å². The van der Waals surface area contributed by atoms with Crippen molar-refractivity contribution in [1.82, 2.24) is 15.1 Å². The van der Waals surface area contributed by atoms with Gasteiger partial charge in [0.25, 0.3) is 0 Å². The average molecular weight is 309 g/mol. The smallest absolute Gasteiger partial charge is 0.311 e. The third kappa shape index (κ3) is 8.63. The van der Waals surface area contributed by atoms with E-state index in [0.29, 0.717) is 13.1 Å². The summed E-state index contributed by atoms with van der Waals surface area (Å²) in [6.07, 6.45) is -4.09. The standard InChI is InChI=1S/C15H30F3N3/c1-13(2,3)19-10-14(4,5)11-20-6-8-21(9-7-20)12-15(16,17)18/h19H,6-12H2,1-5H3. The third-order valence-corrected chi connectivity index (χ3v) is 3.62. The van der Waals surface area contributed by atoms with Crippen LogP contribution in [0.3, 0.4) is 0 Å². The zero-order valence-electron chi connectivity index (χ0n) is 14.0. The Kier molecular flexibility index (Phi) is 6.09. The Hall–Kier alpha value is -0.330. The molecule has 6 heteroatoms. The van der Waals surface area contributed by atoms with Crippen molar-refractivity contribution in [2.24, 2.45) is 5.41 Å². The van der Waals surface area contributed by atoms with Gasteiger partial charge in [-0.15, -0.1) is 0 Å². The van der Waals surface area contributed by atoms with Crippen LogP contribution in [0.2, 0.25) is 0 Å². The molecule has 0 atom stereocenters. The van der Waals surface area contributed by atoms with Gasteiger partial charge < -0.3 is 10.2 Å². The van der Waals surface area contributed by atoms with Gasteiger partial charge in [-0.05, 0) is 26.2 Å². The van der Waals surface area contributed by atoms with E-state index in [0.717, 1.165) is 26.2 Å². The van der Waals surface area contributed by atoms with Gasteiger partial charge in [0.15, 0.2) is 0 Å². The molecular weight excluding hydrogens is 279 g/mol. The number of nitrogens with one attached hydrogen (secondary N) is 1. The van der Waals surface area contributed by atoms with Gasteiger partial charge in [-0.2, -0.15) is 13.2 Å². The largest absolute Gasteiger partial charge is 0.401 e. The zero-order valence-corrected chi connectivity index (χ0v) is 14.0. The molecule has 0 bridgehead atoms. The van der Waals surface area contributed by atoms with E-state index in [1.165, 1.54) is 4.90 Å². The van der Waals surface area contributed by atoms with E-state index in [2.05, 4.69) is 44.8 Å². The average Bonchev–Trinajstić information content (AvgIpc) is 2.26. The molecule has 1 aliphatic rings. The molecule has 21 heavy (non-hydrogen) atoms. The Bertz CT molecular complexity index is 313. The molecule has 0 unspecified atom stereocenters. The first-order valence-corrected chi connectivity index (χ1v) is 7.63. The second-order valence-electron chi connectivity index (χ2n) is 7.94. The number of nitrogens with zero attached hydrogens (tertiary/aromatic N) is 2. The minimum absolute atomic E-state index is 0.0860. The monoisotopic (exact) mass is 309 g/mol. The van der Waals surface area contributed by atoms with Gasteiger partial charge in [0.1, 0.15) is 0 Å². The van der Waals surface area contributed by atoms with E-state index in [1.807, 2.05) is 0 Å². The van der Waals surface area contributed by atoms with Crippen LogP contribution >= 0.6 is 0 Å². The molecule has 0 aromatic heterocycles. The van der Waals surface area contributed by atoms with Crippen LogP contribution in [0, 0.1) is 5.41 Å². The maximum Gasteiger partial charge on any atom is 0.401 e. The molecule has 0 aromatic rings. The lowest BCUT2D eigenvalue weighted by Gasteiger charge is -2.40. The predicted molar refractivity (Wildman–Crippen MR) is 80.5 cm³/mol. The number of piperazine rings is 1. The summed E-state index contributed by atoms with van der Waals surface area (Å²) >= 11 is 0. The van der Waals surface area contributed by atoms with Crippen LogP contribution in [-0.4, -0.2) is 67.3 Å². The Balaban J connectivity index is 2.34. The van der Waals surface area contributed by atoms with Crippen LogP contribution < -0.4 is 5.32 Å². The fraction of sp³-hybridized carbons (Fsp3) is 1.00. The Labute approximate surface area is 126 Å². The van der Waals surface area contributed by atoms with E-state index < -0.39 is 12.7 Å². The topological polar surface area (TPSA) is 18.5 Å². The van der Waals surface area contributed by atoms with Crippen molar-refractivity contribution < 1.29 is 13.2 Å². The lowest BCUT2D eigenvalue weighted by molar-refractivity contribution is -0.149. The number of hydrogen-bond acceptors (Lipinski definition) is 3. The summed E-state index contributed by atoms with van der Waals surface area (Å²) in [5.74, 6) is 0. The highest BCUT2D eigenvalue weighted by atomic mass is 19.4. The van der Waals surface area contributed by atoms with Gasteiger partial charge in [-0.3, -0.25) is 4.90 Å². The highest BCUT2D eigenvalue weighted by Crippen LogP contribution is 2.20. The van der Waals surface area contributed by atoms with Crippen LogP contribution in [-0.2, 0) is 0 Å². The van der Waals surface area contributed by atoms with Gasteiger partial charge in [0.2, 0.25) is 0 Å². The molecule has 0 aromatic carbocycles. The Morgan fingerprint density at radius 2 is 1.24 bits per heavy atom. The minimum atomic E-state index is -4.09. The highest BCUT2D eigenvalue weighted by molar-refractivity contribution is 4.83. The van der Waals surface area contributed by atoms with Crippen LogP contribution in [0.25, 0.3) is 0 Å². The summed E-state index contributed by atoms with van der Waals surface area (Å²) in [5, 5.41) is 3.51. The Morgan fingerprint density at radius 1 is 0.810 bits per heavy atom. The lowest BCUT2D eigenvalue weighted by atomic mass is 9.91. The van der Waals surface area contributed by atoms with Gasteiger partial charge in [-0.25, -0.2) is 0 Å². The van der Waals surface area contributed by atoms with Crippen molar-refractivity contribution in [3.63, 3.8) is 0 Å². The molecule has 126 valence electrons. The van der Waals surface area contributed by atoms with Crippen LogP contribution in [0.4, 0.5) is 13.2 Å². The number of alkyl halides is 3. The van der Waals surface area contributed by atoms with Crippen molar-refractivity contribution in [2.45, 2.75) is 46.3 Å². The van der Waals surface area contributed by atoms with Crippen LogP contribution in [0.15, 0.2) is 0 Å². The van der Waals surface area contributed by atoms with E-state index >= 15 is 0 Å². The molecule has 0 spiro atoms. The molecule has 0 saturated carbocycles. The molecule has 3 nitrogen and oxygen atoms in total. The van der Waals surface area contributed by atoms with Crippen molar-refractivity contribution in [3.05, 3.63) is 0 Å². The number of halogens is 3. The molecule has 0 amide bonds. The summed E-state index contributed by atoms with van der Waals surface area (Å²) in [5.41, 5.74) is 0.197. The maximum absolute atomic E-state index is 12.4. The second kappa shape index (κ2) is 6.84. The van der Waals surface area contributed by atoms with E-state index in [1.54, 1.807) is 0 Å². The summed E-state index contributed by atoms with van der Waals surface area (Å²) < 4.78 is 37.1. The fourth-order valence-corrected chi connectivity index (χ4v) is 2.52. The molecule has 0 radical (unpaired) electrons. The fourth-order valence-electron chi connectivity index (χ4n) is 2.52. The molecule has 1 fully saturated rings. The van der Waals surface area contributed by atoms with Crippen molar-refractivity contribution in [1.29, 1.82) is 0 Å². The molecule has 0 aliphatic carbocycles. The predicted octanol–water partition coefficient (Wildman–Crippen LogP) is 2.58. The third-order valence-electron chi connectivity index (χ3n) is 3.62. The first kappa shape index (κ1) is 18.7. The van der Waals surface area contributed by atoms with Gasteiger partial charge in [0.05, 0.1) is 6.54 Å². The van der Waals surface area contributed by atoms with Gasteiger partial charge in [0, 0.05) is 44.8 Å². The van der Waals surface area contributed by atoms with Gasteiger partial charge >= 0.3 is 6.18 Å². The first-order chi connectivity index (χ1) is 9.36. The number of hydrogen-bond donors (Lipinski definition) is 1. The first-order valence-electron chi connectivity index (χ1n) is 7.63. The maximum atomic E-state index is 12.4. The molecule has 1 rings (SSSR count). The summed E-state index contributed by atoms with van der Waals surface area (Å²) in [4.78, 5) is 3.77. The quantitative estimate of drug-likeness (QED) is 0.842. The summed E-state index contributed by atoms with van der Waals surface area (Å²) in [7, 11) is 0. The van der Waals surface area contributed by atoms with Gasteiger partial charge in [-0.1, -0.05) is 13.8 Å². The van der Waals surface area contributed by atoms with E-state index in [-0.39, 0.29) is 11.0 Å². The minimum Gasteiger partial charge on any atom is -0.311 e. The lowest BCUT2D eigenvalue weighted by Crippen LogP contribution is -2.53. The Morgan fingerprint density at radius 3 is 1.62 bits per heavy atom. The van der Waals surface area contributed by atoms with Crippen molar-refractivity contribution in [3.8, 4) is 0 Å². The van der Waals surface area contributed by atoms with Crippen molar-refractivity contribution in [2.75, 3.05) is 45.8 Å². The van der Waals surface area contributed by atoms with Crippen molar-refractivity contribution >= 4 is 0 Å². The molecule has 1 N–H and O–H groups in total. The molecular formula is C15H30F3N3. The normalized spacial score (nSPS) is 20.0. The highest BCUT2D eigenvalue weighted by Gasteiger charge is 2.33.